The van der Waals surface area contributed by atoms with Gasteiger partial charge in [-0.1, -0.05) is 12.1 Å². The molecule has 110 valence electrons. The Morgan fingerprint density at radius 2 is 2.05 bits per heavy atom. The molecule has 1 aliphatic rings. The third-order valence-electron chi connectivity index (χ3n) is 4.05. The summed E-state index contributed by atoms with van der Waals surface area (Å²) in [5, 5.41) is 10.0. The van der Waals surface area contributed by atoms with Crippen LogP contribution < -0.4 is 0 Å². The Morgan fingerprint density at radius 1 is 1.40 bits per heavy atom. The molecule has 0 saturated carbocycles. The normalized spacial score (nSPS) is 19.4. The van der Waals surface area contributed by atoms with Crippen molar-refractivity contribution in [1.29, 1.82) is 0 Å². The molecule has 1 heterocycles. The lowest BCUT2D eigenvalue weighted by atomic mass is 9.90. The molecule has 1 saturated heterocycles. The summed E-state index contributed by atoms with van der Waals surface area (Å²) in [5.74, 6) is 0.346. The zero-order valence-corrected chi connectivity index (χ0v) is 13.2. The molecule has 1 aliphatic heterocycles. The van der Waals surface area contributed by atoms with Crippen LogP contribution in [-0.4, -0.2) is 40.9 Å². The molecule has 4 heteroatoms. The van der Waals surface area contributed by atoms with Crippen LogP contribution in [0.2, 0.25) is 0 Å². The van der Waals surface area contributed by atoms with Gasteiger partial charge in [-0.3, -0.25) is 4.79 Å². The van der Waals surface area contributed by atoms with Crippen LogP contribution in [0.1, 0.15) is 25.8 Å². The maximum absolute atomic E-state index is 12.3. The number of likely N-dealkylation sites (tertiary alicyclic amines) is 1. The molecule has 1 amide bonds. The van der Waals surface area contributed by atoms with Gasteiger partial charge in [-0.05, 0) is 44.2 Å². The average Bonchev–Trinajstić information content (AvgIpc) is 2.89. The minimum absolute atomic E-state index is 0.161. The molecule has 2 rings (SSSR count). The number of rotatable bonds is 4. The van der Waals surface area contributed by atoms with Gasteiger partial charge in [0.1, 0.15) is 0 Å². The van der Waals surface area contributed by atoms with Crippen molar-refractivity contribution in [3.8, 4) is 0 Å². The number of amides is 1. The van der Waals surface area contributed by atoms with Crippen LogP contribution in [0.5, 0.6) is 0 Å². The number of nitrogens with zero attached hydrogens (tertiary/aromatic N) is 1. The van der Waals surface area contributed by atoms with E-state index in [-0.39, 0.29) is 11.8 Å². The molecule has 1 fully saturated rings. The van der Waals surface area contributed by atoms with E-state index in [0.717, 1.165) is 18.5 Å². The van der Waals surface area contributed by atoms with Gasteiger partial charge in [-0.15, -0.1) is 11.8 Å². The second kappa shape index (κ2) is 6.19. The summed E-state index contributed by atoms with van der Waals surface area (Å²) in [4.78, 5) is 15.4. The van der Waals surface area contributed by atoms with Gasteiger partial charge in [0.2, 0.25) is 5.91 Å². The van der Waals surface area contributed by atoms with Crippen LogP contribution in [0.3, 0.4) is 0 Å². The number of carbonyl (C=O) groups is 1. The molecule has 0 spiro atoms. The summed E-state index contributed by atoms with van der Waals surface area (Å²) in [7, 11) is 0. The first-order valence-corrected chi connectivity index (χ1v) is 8.25. The molecule has 3 nitrogen and oxygen atoms in total. The minimum Gasteiger partial charge on any atom is -0.390 e. The minimum atomic E-state index is -0.699. The molecular formula is C16H23NO2S. The maximum Gasteiger partial charge on any atom is 0.227 e. The number of benzene rings is 1. The monoisotopic (exact) mass is 293 g/mol. The van der Waals surface area contributed by atoms with Gasteiger partial charge >= 0.3 is 0 Å². The highest BCUT2D eigenvalue weighted by Gasteiger charge is 2.35. The summed E-state index contributed by atoms with van der Waals surface area (Å²) in [6, 6.07) is 8.15. The fourth-order valence-corrected chi connectivity index (χ4v) is 3.00. The van der Waals surface area contributed by atoms with Gasteiger partial charge < -0.3 is 10.0 Å². The van der Waals surface area contributed by atoms with E-state index in [1.54, 1.807) is 11.8 Å². The lowest BCUT2D eigenvalue weighted by Gasteiger charge is -2.25. The van der Waals surface area contributed by atoms with E-state index in [1.807, 2.05) is 37.1 Å². The summed E-state index contributed by atoms with van der Waals surface area (Å²) >= 11 is 1.70. The Hall–Kier alpha value is -1.00. The van der Waals surface area contributed by atoms with Gasteiger partial charge in [-0.2, -0.15) is 0 Å². The predicted molar refractivity (Wildman–Crippen MR) is 82.9 cm³/mol. The zero-order chi connectivity index (χ0) is 14.8. The van der Waals surface area contributed by atoms with Crippen molar-refractivity contribution in [3.05, 3.63) is 29.8 Å². The molecule has 1 N–H and O–H groups in total. The number of thioether (sulfide) groups is 1. The molecule has 0 bridgehead atoms. The number of carbonyl (C=O) groups excluding carboxylic acids is 1. The highest BCUT2D eigenvalue weighted by molar-refractivity contribution is 7.98. The summed E-state index contributed by atoms with van der Waals surface area (Å²) < 4.78 is 0. The van der Waals surface area contributed by atoms with Crippen LogP contribution in [0, 0.1) is 5.92 Å². The molecule has 0 unspecified atom stereocenters. The SMILES string of the molecule is CSc1ccc(CC(=O)N2CC[C@H](C(C)(C)O)C2)cc1. The molecular weight excluding hydrogens is 270 g/mol. The average molecular weight is 293 g/mol. The van der Waals surface area contributed by atoms with Crippen molar-refractivity contribution in [2.75, 3.05) is 19.3 Å². The van der Waals surface area contributed by atoms with E-state index in [0.29, 0.717) is 13.0 Å². The Morgan fingerprint density at radius 3 is 2.55 bits per heavy atom. The van der Waals surface area contributed by atoms with Crippen molar-refractivity contribution in [3.63, 3.8) is 0 Å². The molecule has 1 aromatic rings. The molecule has 1 aromatic carbocycles. The fourth-order valence-electron chi connectivity index (χ4n) is 2.59. The Labute approximate surface area is 125 Å². The third-order valence-corrected chi connectivity index (χ3v) is 4.80. The van der Waals surface area contributed by atoms with Gasteiger partial charge in [0.05, 0.1) is 12.0 Å². The van der Waals surface area contributed by atoms with Crippen molar-refractivity contribution in [1.82, 2.24) is 4.90 Å². The van der Waals surface area contributed by atoms with Gasteiger partial charge in [0.25, 0.3) is 0 Å². The maximum atomic E-state index is 12.3. The van der Waals surface area contributed by atoms with Gasteiger partial charge in [0.15, 0.2) is 0 Å². The van der Waals surface area contributed by atoms with E-state index in [9.17, 15) is 9.90 Å². The zero-order valence-electron chi connectivity index (χ0n) is 12.4. The molecule has 1 atom stereocenters. The first-order valence-electron chi connectivity index (χ1n) is 7.03. The molecule has 0 radical (unpaired) electrons. The van der Waals surface area contributed by atoms with Crippen molar-refractivity contribution in [2.45, 2.75) is 37.2 Å². The predicted octanol–water partition coefficient (Wildman–Crippen LogP) is 2.57. The Kier molecular flexibility index (Phi) is 4.76. The highest BCUT2D eigenvalue weighted by atomic mass is 32.2. The van der Waals surface area contributed by atoms with Crippen LogP contribution in [0.4, 0.5) is 0 Å². The van der Waals surface area contributed by atoms with Crippen LogP contribution in [0.25, 0.3) is 0 Å². The first kappa shape index (κ1) is 15.4. The number of aliphatic hydroxyl groups is 1. The van der Waals surface area contributed by atoms with Crippen LogP contribution in [-0.2, 0) is 11.2 Å². The van der Waals surface area contributed by atoms with Crippen molar-refractivity contribution >= 4 is 17.7 Å². The second-order valence-corrected chi connectivity index (χ2v) is 6.88. The summed E-state index contributed by atoms with van der Waals surface area (Å²) in [5.41, 5.74) is 0.356. The van der Waals surface area contributed by atoms with Crippen molar-refractivity contribution in [2.24, 2.45) is 5.92 Å². The lowest BCUT2D eigenvalue weighted by molar-refractivity contribution is -0.129. The van der Waals surface area contributed by atoms with E-state index in [2.05, 4.69) is 12.1 Å². The highest BCUT2D eigenvalue weighted by Crippen LogP contribution is 2.27. The largest absolute Gasteiger partial charge is 0.390 e. The van der Waals surface area contributed by atoms with Crippen molar-refractivity contribution < 1.29 is 9.90 Å². The number of hydrogen-bond donors (Lipinski definition) is 1. The topological polar surface area (TPSA) is 40.5 Å². The van der Waals surface area contributed by atoms with Gasteiger partial charge in [0, 0.05) is 23.9 Å². The van der Waals surface area contributed by atoms with E-state index in [1.165, 1.54) is 4.90 Å². The quantitative estimate of drug-likeness (QED) is 0.867. The Balaban J connectivity index is 1.92. The lowest BCUT2D eigenvalue weighted by Crippen LogP contribution is -2.36. The fraction of sp³-hybridized carbons (Fsp3) is 0.562. The molecule has 20 heavy (non-hydrogen) atoms. The van der Waals surface area contributed by atoms with E-state index in [4.69, 9.17) is 0 Å². The summed E-state index contributed by atoms with van der Waals surface area (Å²) in [6.07, 6.45) is 3.38. The second-order valence-electron chi connectivity index (χ2n) is 6.00. The molecule has 0 aromatic heterocycles. The smallest absolute Gasteiger partial charge is 0.227 e. The molecule has 0 aliphatic carbocycles. The van der Waals surface area contributed by atoms with Crippen LogP contribution >= 0.6 is 11.8 Å². The summed E-state index contributed by atoms with van der Waals surface area (Å²) in [6.45, 7) is 5.08. The van der Waals surface area contributed by atoms with E-state index < -0.39 is 5.60 Å². The third kappa shape index (κ3) is 3.76. The van der Waals surface area contributed by atoms with Gasteiger partial charge in [-0.25, -0.2) is 0 Å². The van der Waals surface area contributed by atoms with Crippen LogP contribution in [0.15, 0.2) is 29.2 Å². The standard InChI is InChI=1S/C16H23NO2S/c1-16(2,19)13-8-9-17(11-13)15(18)10-12-4-6-14(20-3)7-5-12/h4-7,13,19H,8-11H2,1-3H3/t13-/m0/s1. The number of hydrogen-bond acceptors (Lipinski definition) is 3. The van der Waals surface area contributed by atoms with E-state index >= 15 is 0 Å². The Bertz CT molecular complexity index is 464. The first-order chi connectivity index (χ1) is 9.40.